The average molecular weight is 228 g/mol. The van der Waals surface area contributed by atoms with Crippen molar-refractivity contribution in [1.29, 1.82) is 0 Å². The molecule has 16 heavy (non-hydrogen) atoms. The number of Topliss-reactive ketones (excluding diaryl/α,β-unsaturated/α-hetero) is 1. The molecule has 3 heteroatoms. The smallest absolute Gasteiger partial charge is 0.316 e. The van der Waals surface area contributed by atoms with Crippen molar-refractivity contribution >= 4 is 11.8 Å². The number of hydrogen-bond acceptors (Lipinski definition) is 3. The molecule has 0 aromatic carbocycles. The van der Waals surface area contributed by atoms with Crippen LogP contribution in [-0.4, -0.2) is 18.4 Å². The lowest BCUT2D eigenvalue weighted by Gasteiger charge is -2.19. The van der Waals surface area contributed by atoms with E-state index in [0.29, 0.717) is 13.0 Å². The van der Waals surface area contributed by atoms with Crippen molar-refractivity contribution in [3.8, 4) is 0 Å². The van der Waals surface area contributed by atoms with Crippen LogP contribution in [0, 0.1) is 11.3 Å². The predicted octanol–water partition coefficient (Wildman–Crippen LogP) is 2.97. The largest absolute Gasteiger partial charge is 0.465 e. The molecule has 0 aliphatic carbocycles. The molecule has 0 aliphatic rings. The van der Waals surface area contributed by atoms with Gasteiger partial charge in [0.15, 0.2) is 0 Å². The maximum absolute atomic E-state index is 11.5. The summed E-state index contributed by atoms with van der Waals surface area (Å²) in [5.41, 5.74) is 0.246. The second-order valence-electron chi connectivity index (χ2n) is 5.37. The van der Waals surface area contributed by atoms with Gasteiger partial charge in [0.05, 0.1) is 6.61 Å². The van der Waals surface area contributed by atoms with Crippen LogP contribution in [0.3, 0.4) is 0 Å². The van der Waals surface area contributed by atoms with Gasteiger partial charge in [0.25, 0.3) is 0 Å². The molecule has 0 amide bonds. The Labute approximate surface area is 98.6 Å². The topological polar surface area (TPSA) is 43.4 Å². The van der Waals surface area contributed by atoms with Crippen LogP contribution in [-0.2, 0) is 14.3 Å². The number of carbonyl (C=O) groups excluding carboxylic acids is 2. The Kier molecular flexibility index (Phi) is 6.31. The monoisotopic (exact) mass is 228 g/mol. The highest BCUT2D eigenvalue weighted by Crippen LogP contribution is 2.23. The predicted molar refractivity (Wildman–Crippen MR) is 64.1 cm³/mol. The number of hydrogen-bond donors (Lipinski definition) is 0. The number of carbonyl (C=O) groups is 2. The highest BCUT2D eigenvalue weighted by Gasteiger charge is 2.24. The van der Waals surface area contributed by atoms with Gasteiger partial charge in [-0.3, -0.25) is 9.59 Å². The third-order valence-corrected chi connectivity index (χ3v) is 2.48. The van der Waals surface area contributed by atoms with Gasteiger partial charge in [0.2, 0.25) is 0 Å². The zero-order valence-corrected chi connectivity index (χ0v) is 11.1. The molecule has 0 aromatic heterocycles. The number of rotatable bonds is 6. The van der Waals surface area contributed by atoms with E-state index in [9.17, 15) is 9.59 Å². The zero-order valence-electron chi connectivity index (χ0n) is 11.1. The van der Waals surface area contributed by atoms with Crippen LogP contribution in [0.2, 0.25) is 0 Å². The molecule has 0 saturated heterocycles. The van der Waals surface area contributed by atoms with Gasteiger partial charge >= 0.3 is 5.97 Å². The molecule has 1 atom stereocenters. The van der Waals surface area contributed by atoms with E-state index in [4.69, 9.17) is 4.74 Å². The molecule has 0 rings (SSSR count). The van der Waals surface area contributed by atoms with Gasteiger partial charge in [-0.2, -0.15) is 0 Å². The van der Waals surface area contributed by atoms with E-state index in [2.05, 4.69) is 20.8 Å². The van der Waals surface area contributed by atoms with Gasteiger partial charge in [0.1, 0.15) is 11.7 Å². The number of esters is 1. The third kappa shape index (κ3) is 6.59. The number of ether oxygens (including phenoxy) is 1. The molecule has 0 saturated carbocycles. The van der Waals surface area contributed by atoms with E-state index in [-0.39, 0.29) is 17.2 Å². The van der Waals surface area contributed by atoms with Crippen LogP contribution in [0.25, 0.3) is 0 Å². The molecule has 0 N–H and O–H groups in total. The van der Waals surface area contributed by atoms with E-state index < -0.39 is 5.92 Å². The highest BCUT2D eigenvalue weighted by molar-refractivity contribution is 5.97. The Hall–Kier alpha value is -0.860. The zero-order chi connectivity index (χ0) is 12.8. The van der Waals surface area contributed by atoms with Crippen molar-refractivity contribution in [2.75, 3.05) is 6.61 Å². The Morgan fingerprint density at radius 3 is 2.19 bits per heavy atom. The van der Waals surface area contributed by atoms with Crippen molar-refractivity contribution in [1.82, 2.24) is 0 Å². The van der Waals surface area contributed by atoms with Crippen LogP contribution >= 0.6 is 0 Å². The molecule has 0 bridgehead atoms. The molecule has 3 nitrogen and oxygen atoms in total. The van der Waals surface area contributed by atoms with E-state index >= 15 is 0 Å². The molecule has 0 aromatic rings. The summed E-state index contributed by atoms with van der Waals surface area (Å²) in [6.07, 6.45) is 2.49. The second kappa shape index (κ2) is 6.66. The van der Waals surface area contributed by atoms with Crippen LogP contribution in [0.4, 0.5) is 0 Å². The molecule has 1 unspecified atom stereocenters. The Morgan fingerprint density at radius 1 is 1.25 bits per heavy atom. The molecule has 0 heterocycles. The Bertz CT molecular complexity index is 238. The minimum Gasteiger partial charge on any atom is -0.465 e. The van der Waals surface area contributed by atoms with Gasteiger partial charge < -0.3 is 4.74 Å². The molecule has 0 radical (unpaired) electrons. The van der Waals surface area contributed by atoms with Gasteiger partial charge in [0, 0.05) is 0 Å². The summed E-state index contributed by atoms with van der Waals surface area (Å²) >= 11 is 0. The van der Waals surface area contributed by atoms with Crippen molar-refractivity contribution in [3.05, 3.63) is 0 Å². The first-order valence-corrected chi connectivity index (χ1v) is 5.95. The summed E-state index contributed by atoms with van der Waals surface area (Å²) in [7, 11) is 0. The SMILES string of the molecule is CCOC(=O)C(CCCC(C)(C)C)C(C)=O. The fraction of sp³-hybridized carbons (Fsp3) is 0.846. The maximum Gasteiger partial charge on any atom is 0.316 e. The summed E-state index contributed by atoms with van der Waals surface area (Å²) in [5.74, 6) is -1.03. The highest BCUT2D eigenvalue weighted by atomic mass is 16.5. The quantitative estimate of drug-likeness (QED) is 0.518. The van der Waals surface area contributed by atoms with Crippen molar-refractivity contribution in [3.63, 3.8) is 0 Å². The molecule has 0 spiro atoms. The molecule has 0 aliphatic heterocycles. The van der Waals surface area contributed by atoms with Crippen molar-refractivity contribution < 1.29 is 14.3 Å². The van der Waals surface area contributed by atoms with Crippen LogP contribution in [0.15, 0.2) is 0 Å². The first-order chi connectivity index (χ1) is 7.28. The van der Waals surface area contributed by atoms with E-state index in [1.54, 1.807) is 6.92 Å². The van der Waals surface area contributed by atoms with Gasteiger partial charge in [-0.25, -0.2) is 0 Å². The maximum atomic E-state index is 11.5. The van der Waals surface area contributed by atoms with Crippen molar-refractivity contribution in [2.24, 2.45) is 11.3 Å². The summed E-state index contributed by atoms with van der Waals surface area (Å²) in [4.78, 5) is 22.8. The summed E-state index contributed by atoms with van der Waals surface area (Å²) in [6.45, 7) is 10.0. The van der Waals surface area contributed by atoms with E-state index in [1.807, 2.05) is 0 Å². The lowest BCUT2D eigenvalue weighted by molar-refractivity contribution is -0.151. The fourth-order valence-corrected chi connectivity index (χ4v) is 1.57. The lowest BCUT2D eigenvalue weighted by atomic mass is 9.87. The molecular formula is C13H24O3. The summed E-state index contributed by atoms with van der Waals surface area (Å²) < 4.78 is 4.89. The van der Waals surface area contributed by atoms with E-state index in [1.165, 1.54) is 6.92 Å². The van der Waals surface area contributed by atoms with Crippen LogP contribution in [0.1, 0.15) is 53.9 Å². The molecule has 0 fully saturated rings. The summed E-state index contributed by atoms with van der Waals surface area (Å²) in [5, 5.41) is 0. The lowest BCUT2D eigenvalue weighted by Crippen LogP contribution is -2.24. The third-order valence-electron chi connectivity index (χ3n) is 2.48. The van der Waals surface area contributed by atoms with Gasteiger partial charge in [-0.05, 0) is 32.1 Å². The second-order valence-corrected chi connectivity index (χ2v) is 5.37. The molecule has 94 valence electrons. The van der Waals surface area contributed by atoms with Crippen molar-refractivity contribution in [2.45, 2.75) is 53.9 Å². The minimum absolute atomic E-state index is 0.0904. The Balaban J connectivity index is 4.15. The standard InChI is InChI=1S/C13H24O3/c1-6-16-12(15)11(10(2)14)8-7-9-13(3,4)5/h11H,6-9H2,1-5H3. The molecular weight excluding hydrogens is 204 g/mol. The van der Waals surface area contributed by atoms with Crippen LogP contribution < -0.4 is 0 Å². The Morgan fingerprint density at radius 2 is 1.81 bits per heavy atom. The normalized spacial score (nSPS) is 13.3. The first kappa shape index (κ1) is 15.1. The average Bonchev–Trinajstić information content (AvgIpc) is 2.10. The first-order valence-electron chi connectivity index (χ1n) is 5.95. The van der Waals surface area contributed by atoms with Gasteiger partial charge in [-0.1, -0.05) is 27.2 Å². The fourth-order valence-electron chi connectivity index (χ4n) is 1.57. The minimum atomic E-state index is -0.567. The van der Waals surface area contributed by atoms with E-state index in [0.717, 1.165) is 12.8 Å². The summed E-state index contributed by atoms with van der Waals surface area (Å²) in [6, 6.07) is 0. The number of ketones is 1. The van der Waals surface area contributed by atoms with Gasteiger partial charge in [-0.15, -0.1) is 0 Å². The van der Waals surface area contributed by atoms with Crippen LogP contribution in [0.5, 0.6) is 0 Å².